The Morgan fingerprint density at radius 1 is 0.923 bits per heavy atom. The summed E-state index contributed by atoms with van der Waals surface area (Å²) in [4.78, 5) is 1.58. The number of benzene rings is 3. The van der Waals surface area contributed by atoms with E-state index in [4.69, 9.17) is 4.74 Å². The number of aryl methyl sites for hydroxylation is 1. The summed E-state index contributed by atoms with van der Waals surface area (Å²) in [6.45, 7) is 3.65. The standard InChI is InChI=1S/C30H33F3N2O3S/c1-21-8-7-9-24(18-21)22-12-14-23(15-13-22)29-26-19-34(16-5-6-17-35(26)27(29)20-38-2)39(36,37)28-11-4-3-10-25(28)30(31,32)33/h3-4,7-15,18,26-27,29H,5-6,16-17,19-20H2,1-2H3/t26-,27?,29?/m0/s1. The van der Waals surface area contributed by atoms with Crippen LogP contribution in [0.3, 0.4) is 0 Å². The molecule has 2 aliphatic rings. The van der Waals surface area contributed by atoms with Crippen molar-refractivity contribution in [1.29, 1.82) is 0 Å². The number of methoxy groups -OCH3 is 1. The normalized spacial score (nSPS) is 22.9. The Morgan fingerprint density at radius 2 is 1.64 bits per heavy atom. The van der Waals surface area contributed by atoms with E-state index in [0.29, 0.717) is 13.0 Å². The van der Waals surface area contributed by atoms with Gasteiger partial charge in [-0.25, -0.2) is 8.42 Å². The number of ether oxygens (including phenoxy) is 1. The average molecular weight is 559 g/mol. The van der Waals surface area contributed by atoms with Gasteiger partial charge in [-0.15, -0.1) is 0 Å². The zero-order valence-electron chi connectivity index (χ0n) is 22.1. The Bertz CT molecular complexity index is 1410. The lowest BCUT2D eigenvalue weighted by Crippen LogP contribution is -2.68. The van der Waals surface area contributed by atoms with E-state index in [1.54, 1.807) is 7.11 Å². The van der Waals surface area contributed by atoms with E-state index in [0.717, 1.165) is 41.8 Å². The SMILES string of the molecule is COCC1C(c2ccc(-c3cccc(C)c3)cc2)[C@@H]2CN(S(=O)(=O)c3ccccc3C(F)(F)F)CCCCN12. The van der Waals surface area contributed by atoms with Crippen molar-refractivity contribution >= 4 is 10.0 Å². The quantitative estimate of drug-likeness (QED) is 0.375. The van der Waals surface area contributed by atoms with Crippen molar-refractivity contribution < 1.29 is 26.3 Å². The van der Waals surface area contributed by atoms with Crippen molar-refractivity contribution in [2.45, 2.75) is 48.8 Å². The average Bonchev–Trinajstić information content (AvgIpc) is 2.89. The molecule has 208 valence electrons. The second-order valence-electron chi connectivity index (χ2n) is 10.4. The smallest absolute Gasteiger partial charge is 0.383 e. The van der Waals surface area contributed by atoms with Gasteiger partial charge < -0.3 is 4.74 Å². The van der Waals surface area contributed by atoms with Crippen LogP contribution in [0.2, 0.25) is 0 Å². The summed E-state index contributed by atoms with van der Waals surface area (Å²) in [5.41, 5.74) is 3.33. The molecule has 3 aromatic rings. The fourth-order valence-corrected chi connectivity index (χ4v) is 7.77. The Labute approximate surface area is 228 Å². The first kappa shape index (κ1) is 27.8. The maximum Gasteiger partial charge on any atom is 0.417 e. The molecule has 0 N–H and O–H groups in total. The number of rotatable bonds is 6. The van der Waals surface area contributed by atoms with E-state index >= 15 is 0 Å². The minimum Gasteiger partial charge on any atom is -0.383 e. The number of hydrogen-bond donors (Lipinski definition) is 0. The second kappa shape index (κ2) is 11.0. The topological polar surface area (TPSA) is 49.9 Å². The number of alkyl halides is 3. The third kappa shape index (κ3) is 5.50. The van der Waals surface area contributed by atoms with Crippen LogP contribution >= 0.6 is 0 Å². The fourth-order valence-electron chi connectivity index (χ4n) is 6.07. The van der Waals surface area contributed by atoms with Crippen molar-refractivity contribution in [1.82, 2.24) is 9.21 Å². The van der Waals surface area contributed by atoms with Crippen molar-refractivity contribution in [2.75, 3.05) is 33.4 Å². The molecule has 2 fully saturated rings. The summed E-state index contributed by atoms with van der Waals surface area (Å²) in [6, 6.07) is 20.9. The van der Waals surface area contributed by atoms with E-state index in [1.165, 1.54) is 22.0 Å². The van der Waals surface area contributed by atoms with Crippen molar-refractivity contribution in [3.63, 3.8) is 0 Å². The van der Waals surface area contributed by atoms with Crippen LogP contribution in [0.4, 0.5) is 13.2 Å². The van der Waals surface area contributed by atoms with Crippen LogP contribution in [0.25, 0.3) is 11.1 Å². The molecule has 3 aromatic carbocycles. The van der Waals surface area contributed by atoms with E-state index < -0.39 is 26.7 Å². The van der Waals surface area contributed by atoms with Crippen molar-refractivity contribution in [2.24, 2.45) is 0 Å². The van der Waals surface area contributed by atoms with Gasteiger partial charge in [-0.05, 0) is 55.1 Å². The molecule has 9 heteroatoms. The molecule has 2 unspecified atom stereocenters. The predicted octanol–water partition coefficient (Wildman–Crippen LogP) is 5.95. The van der Waals surface area contributed by atoms with Crippen LogP contribution in [-0.2, 0) is 20.9 Å². The molecule has 0 amide bonds. The highest BCUT2D eigenvalue weighted by Crippen LogP contribution is 2.44. The molecule has 0 saturated carbocycles. The highest BCUT2D eigenvalue weighted by atomic mass is 32.2. The molecule has 0 spiro atoms. The Balaban J connectivity index is 1.46. The van der Waals surface area contributed by atoms with Gasteiger partial charge in [0, 0.05) is 38.2 Å². The fraction of sp³-hybridized carbons (Fsp3) is 0.400. The van der Waals surface area contributed by atoms with Gasteiger partial charge in [0.25, 0.3) is 0 Å². The van der Waals surface area contributed by atoms with Gasteiger partial charge in [0.1, 0.15) is 0 Å². The summed E-state index contributed by atoms with van der Waals surface area (Å²) in [5.74, 6) is -0.00910. The molecule has 2 saturated heterocycles. The molecule has 39 heavy (non-hydrogen) atoms. The summed E-state index contributed by atoms with van der Waals surface area (Å²) >= 11 is 0. The van der Waals surface area contributed by atoms with Gasteiger partial charge in [0.05, 0.1) is 17.1 Å². The third-order valence-electron chi connectivity index (χ3n) is 7.94. The van der Waals surface area contributed by atoms with Gasteiger partial charge in [0.15, 0.2) is 0 Å². The molecule has 0 radical (unpaired) electrons. The summed E-state index contributed by atoms with van der Waals surface area (Å²) in [7, 11) is -2.71. The first-order valence-corrected chi connectivity index (χ1v) is 14.6. The molecule has 0 aromatic heterocycles. The van der Waals surface area contributed by atoms with Crippen LogP contribution in [0.5, 0.6) is 0 Å². The van der Waals surface area contributed by atoms with E-state index in [2.05, 4.69) is 54.3 Å². The van der Waals surface area contributed by atoms with Crippen LogP contribution in [0.15, 0.2) is 77.7 Å². The molecule has 2 aliphatic heterocycles. The lowest BCUT2D eigenvalue weighted by Gasteiger charge is -2.57. The lowest BCUT2D eigenvalue weighted by molar-refractivity contribution is -0.139. The molecular weight excluding hydrogens is 525 g/mol. The summed E-state index contributed by atoms with van der Waals surface area (Å²) in [6.07, 6.45) is -3.44. The molecule has 3 atom stereocenters. The number of nitrogens with zero attached hydrogens (tertiary/aromatic N) is 2. The van der Waals surface area contributed by atoms with Crippen molar-refractivity contribution in [3.8, 4) is 11.1 Å². The van der Waals surface area contributed by atoms with E-state index in [9.17, 15) is 21.6 Å². The Hall–Kier alpha value is -2.72. The lowest BCUT2D eigenvalue weighted by atomic mass is 9.74. The predicted molar refractivity (Wildman–Crippen MR) is 145 cm³/mol. The highest BCUT2D eigenvalue weighted by Gasteiger charge is 2.51. The van der Waals surface area contributed by atoms with Crippen LogP contribution < -0.4 is 0 Å². The van der Waals surface area contributed by atoms with Crippen LogP contribution in [0.1, 0.15) is 35.4 Å². The van der Waals surface area contributed by atoms with Gasteiger partial charge in [-0.3, -0.25) is 4.90 Å². The molecule has 5 rings (SSSR count). The maximum absolute atomic E-state index is 13.7. The number of halogens is 3. The van der Waals surface area contributed by atoms with Gasteiger partial charge >= 0.3 is 6.18 Å². The number of sulfonamides is 1. The van der Waals surface area contributed by atoms with Crippen molar-refractivity contribution in [3.05, 3.63) is 89.5 Å². The van der Waals surface area contributed by atoms with Crippen LogP contribution in [-0.4, -0.2) is 63.1 Å². The zero-order chi connectivity index (χ0) is 27.8. The highest BCUT2D eigenvalue weighted by molar-refractivity contribution is 7.89. The van der Waals surface area contributed by atoms with Gasteiger partial charge in [0.2, 0.25) is 10.0 Å². The molecule has 0 bridgehead atoms. The zero-order valence-corrected chi connectivity index (χ0v) is 22.9. The molecule has 5 nitrogen and oxygen atoms in total. The maximum atomic E-state index is 13.7. The minimum absolute atomic E-state index is 0.00910. The Kier molecular flexibility index (Phi) is 7.88. The number of hydrogen-bond acceptors (Lipinski definition) is 4. The minimum atomic E-state index is -4.76. The van der Waals surface area contributed by atoms with Gasteiger partial charge in [-0.1, -0.05) is 66.2 Å². The molecule has 2 heterocycles. The third-order valence-corrected chi connectivity index (χ3v) is 9.86. The molecule has 0 aliphatic carbocycles. The Morgan fingerprint density at radius 3 is 2.33 bits per heavy atom. The van der Waals surface area contributed by atoms with E-state index in [-0.39, 0.29) is 31.1 Å². The van der Waals surface area contributed by atoms with Crippen LogP contribution in [0, 0.1) is 6.92 Å². The first-order valence-electron chi connectivity index (χ1n) is 13.2. The van der Waals surface area contributed by atoms with Gasteiger partial charge in [-0.2, -0.15) is 17.5 Å². The molecular formula is C30H33F3N2O3S. The summed E-state index contributed by atoms with van der Waals surface area (Å²) < 4.78 is 75.3. The van der Waals surface area contributed by atoms with E-state index in [1.807, 2.05) is 6.07 Å². The number of fused-ring (bicyclic) bond motifs is 1. The monoisotopic (exact) mass is 558 g/mol. The largest absolute Gasteiger partial charge is 0.417 e. The first-order chi connectivity index (χ1) is 18.6. The second-order valence-corrected chi connectivity index (χ2v) is 12.3. The summed E-state index contributed by atoms with van der Waals surface area (Å²) in [5, 5.41) is 0.